The number of hydrogen-bond donors (Lipinski definition) is 3. The van der Waals surface area contributed by atoms with Crippen molar-refractivity contribution in [3.63, 3.8) is 0 Å². The van der Waals surface area contributed by atoms with Crippen LogP contribution < -0.4 is 16.0 Å². The van der Waals surface area contributed by atoms with Crippen molar-refractivity contribution >= 4 is 29.2 Å². The first-order valence-corrected chi connectivity index (χ1v) is 10.5. The van der Waals surface area contributed by atoms with Crippen LogP contribution in [0.1, 0.15) is 11.4 Å². The van der Waals surface area contributed by atoms with Gasteiger partial charge in [-0.1, -0.05) is 30.3 Å². The number of nitrogens with zero attached hydrogens (tertiary/aromatic N) is 4. The molecule has 34 heavy (non-hydrogen) atoms. The summed E-state index contributed by atoms with van der Waals surface area (Å²) in [5, 5.41) is 8.38. The van der Waals surface area contributed by atoms with Crippen LogP contribution in [-0.4, -0.2) is 38.1 Å². The van der Waals surface area contributed by atoms with Crippen LogP contribution in [0, 0.1) is 6.92 Å². The van der Waals surface area contributed by atoms with Gasteiger partial charge in [0.05, 0.1) is 0 Å². The van der Waals surface area contributed by atoms with Crippen LogP contribution in [0.5, 0.6) is 0 Å². The maximum atomic E-state index is 12.1. The summed E-state index contributed by atoms with van der Waals surface area (Å²) in [6.07, 6.45) is 4.50. The largest absolute Gasteiger partial charge is 0.445 e. The predicted octanol–water partition coefficient (Wildman–Crippen LogP) is 3.58. The van der Waals surface area contributed by atoms with E-state index in [9.17, 15) is 9.59 Å². The van der Waals surface area contributed by atoms with Gasteiger partial charge in [-0.25, -0.2) is 19.7 Å². The molecule has 0 aliphatic heterocycles. The maximum absolute atomic E-state index is 12.1. The molecule has 3 N–H and O–H groups in total. The number of nitrogens with one attached hydrogen (secondary N) is 3. The molecular weight excluding hydrogens is 434 g/mol. The molecule has 0 saturated heterocycles. The van der Waals surface area contributed by atoms with E-state index in [-0.39, 0.29) is 19.1 Å². The summed E-state index contributed by atoms with van der Waals surface area (Å²) in [5.41, 5.74) is 2.24. The molecule has 0 saturated carbocycles. The maximum Gasteiger partial charge on any atom is 0.407 e. The third-order valence-electron chi connectivity index (χ3n) is 4.64. The van der Waals surface area contributed by atoms with Crippen LogP contribution in [0.4, 0.5) is 22.0 Å². The number of imidazole rings is 1. The van der Waals surface area contributed by atoms with Gasteiger partial charge >= 0.3 is 6.09 Å². The Morgan fingerprint density at radius 3 is 2.50 bits per heavy atom. The fourth-order valence-electron chi connectivity index (χ4n) is 3.06. The average molecular weight is 457 g/mol. The lowest BCUT2D eigenvalue weighted by Gasteiger charge is -2.11. The van der Waals surface area contributed by atoms with Crippen LogP contribution >= 0.6 is 0 Å². The smallest absolute Gasteiger partial charge is 0.407 e. The van der Waals surface area contributed by atoms with Crippen LogP contribution in [0.25, 0.3) is 5.82 Å². The van der Waals surface area contributed by atoms with E-state index in [1.165, 1.54) is 0 Å². The van der Waals surface area contributed by atoms with E-state index >= 15 is 0 Å². The lowest BCUT2D eigenvalue weighted by Crippen LogP contribution is -2.33. The topological polar surface area (TPSA) is 123 Å². The Balaban J connectivity index is 1.26. The Kier molecular flexibility index (Phi) is 7.09. The van der Waals surface area contributed by atoms with Gasteiger partial charge in [0, 0.05) is 29.8 Å². The molecule has 172 valence electrons. The lowest BCUT2D eigenvalue weighted by atomic mass is 10.2. The van der Waals surface area contributed by atoms with E-state index in [0.29, 0.717) is 23.1 Å². The Morgan fingerprint density at radius 2 is 1.76 bits per heavy atom. The highest BCUT2D eigenvalue weighted by molar-refractivity contribution is 5.94. The second-order valence-corrected chi connectivity index (χ2v) is 7.29. The number of aromatic nitrogens is 4. The van der Waals surface area contributed by atoms with Crippen molar-refractivity contribution in [3.05, 3.63) is 90.8 Å². The van der Waals surface area contributed by atoms with E-state index in [1.54, 1.807) is 35.4 Å². The van der Waals surface area contributed by atoms with Crippen molar-refractivity contribution in [3.8, 4) is 5.82 Å². The van der Waals surface area contributed by atoms with Crippen molar-refractivity contribution < 1.29 is 14.3 Å². The van der Waals surface area contributed by atoms with E-state index in [4.69, 9.17) is 4.74 Å². The Morgan fingerprint density at radius 1 is 1.00 bits per heavy atom. The molecule has 0 aliphatic carbocycles. The lowest BCUT2D eigenvalue weighted by molar-refractivity contribution is -0.115. The number of anilines is 3. The molecule has 2 aromatic carbocycles. The zero-order chi connectivity index (χ0) is 23.8. The van der Waals surface area contributed by atoms with Crippen LogP contribution in [-0.2, 0) is 16.1 Å². The molecule has 10 nitrogen and oxygen atoms in total. The second-order valence-electron chi connectivity index (χ2n) is 7.29. The van der Waals surface area contributed by atoms with Gasteiger partial charge in [0.2, 0.25) is 5.91 Å². The third-order valence-corrected chi connectivity index (χ3v) is 4.64. The highest BCUT2D eigenvalue weighted by Gasteiger charge is 2.08. The molecule has 0 spiro atoms. The molecule has 0 unspecified atom stereocenters. The summed E-state index contributed by atoms with van der Waals surface area (Å²) in [4.78, 5) is 36.8. The zero-order valence-electron chi connectivity index (χ0n) is 18.4. The molecule has 0 bridgehead atoms. The number of carbonyl (C=O) groups is 2. The highest BCUT2D eigenvalue weighted by atomic mass is 16.5. The fraction of sp³-hybridized carbons (Fsp3) is 0.125. The monoisotopic (exact) mass is 457 g/mol. The quantitative estimate of drug-likeness (QED) is 0.369. The van der Waals surface area contributed by atoms with Gasteiger partial charge < -0.3 is 20.7 Å². The second kappa shape index (κ2) is 10.7. The van der Waals surface area contributed by atoms with Crippen LogP contribution in [0.3, 0.4) is 0 Å². The molecule has 10 heteroatoms. The van der Waals surface area contributed by atoms with Gasteiger partial charge in [-0.05, 0) is 36.8 Å². The van der Waals surface area contributed by atoms with E-state index in [0.717, 1.165) is 11.3 Å². The van der Waals surface area contributed by atoms with E-state index < -0.39 is 6.09 Å². The van der Waals surface area contributed by atoms with Gasteiger partial charge in [0.15, 0.2) is 0 Å². The normalized spacial score (nSPS) is 10.4. The summed E-state index contributed by atoms with van der Waals surface area (Å²) < 4.78 is 6.88. The summed E-state index contributed by atoms with van der Waals surface area (Å²) in [6, 6.07) is 18.2. The van der Waals surface area contributed by atoms with Gasteiger partial charge in [0.25, 0.3) is 0 Å². The van der Waals surface area contributed by atoms with Crippen molar-refractivity contribution in [2.45, 2.75) is 13.5 Å². The van der Waals surface area contributed by atoms with Gasteiger partial charge in [-0.3, -0.25) is 9.36 Å². The first-order chi connectivity index (χ1) is 16.5. The van der Waals surface area contributed by atoms with Gasteiger partial charge in [-0.15, -0.1) is 0 Å². The number of amides is 2. The fourth-order valence-corrected chi connectivity index (χ4v) is 3.06. The average Bonchev–Trinajstić information content (AvgIpc) is 3.38. The van der Waals surface area contributed by atoms with Gasteiger partial charge in [-0.2, -0.15) is 0 Å². The molecule has 2 amide bonds. The standard InChI is InChI=1S/C24H23N7O3/c1-17-27-21(13-22(28-17)31-12-11-25-16-31)29-19-7-9-20(10-8-19)30-23(32)14-26-24(33)34-15-18-5-3-2-4-6-18/h2-13,16H,14-15H2,1H3,(H,26,33)(H,30,32)(H,27,28,29). The number of rotatable bonds is 8. The molecular formula is C24H23N7O3. The molecule has 0 radical (unpaired) electrons. The number of alkyl carbamates (subject to hydrolysis) is 1. The SMILES string of the molecule is Cc1nc(Nc2ccc(NC(=O)CNC(=O)OCc3ccccc3)cc2)cc(-n2ccnc2)n1. The summed E-state index contributed by atoms with van der Waals surface area (Å²) in [5.74, 6) is 1.58. The minimum Gasteiger partial charge on any atom is -0.445 e. The van der Waals surface area contributed by atoms with Gasteiger partial charge in [0.1, 0.15) is 36.9 Å². The number of hydrogen-bond acceptors (Lipinski definition) is 7. The number of ether oxygens (including phenoxy) is 1. The first-order valence-electron chi connectivity index (χ1n) is 10.5. The highest BCUT2D eigenvalue weighted by Crippen LogP contribution is 2.19. The number of carbonyl (C=O) groups excluding carboxylic acids is 2. The minimum atomic E-state index is -0.659. The Labute approximate surface area is 196 Å². The number of aryl methyl sites for hydroxylation is 1. The molecule has 2 aromatic heterocycles. The van der Waals surface area contributed by atoms with Crippen molar-refractivity contribution in [2.75, 3.05) is 17.2 Å². The summed E-state index contributed by atoms with van der Waals surface area (Å²) in [6.45, 7) is 1.75. The van der Waals surface area contributed by atoms with Crippen molar-refractivity contribution in [1.29, 1.82) is 0 Å². The molecule has 0 atom stereocenters. The first kappa shape index (κ1) is 22.5. The van der Waals surface area contributed by atoms with Crippen LogP contribution in [0.15, 0.2) is 79.4 Å². The minimum absolute atomic E-state index is 0.137. The zero-order valence-corrected chi connectivity index (χ0v) is 18.4. The Hall–Kier alpha value is -4.73. The van der Waals surface area contributed by atoms with Crippen molar-refractivity contribution in [2.24, 2.45) is 0 Å². The van der Waals surface area contributed by atoms with E-state index in [2.05, 4.69) is 30.9 Å². The van der Waals surface area contributed by atoms with E-state index in [1.807, 2.05) is 55.5 Å². The Bertz CT molecular complexity index is 1240. The number of benzene rings is 2. The molecule has 4 rings (SSSR count). The van der Waals surface area contributed by atoms with Crippen LogP contribution in [0.2, 0.25) is 0 Å². The summed E-state index contributed by atoms with van der Waals surface area (Å²) >= 11 is 0. The molecule has 2 heterocycles. The molecule has 0 fully saturated rings. The predicted molar refractivity (Wildman–Crippen MR) is 127 cm³/mol. The van der Waals surface area contributed by atoms with Crippen molar-refractivity contribution in [1.82, 2.24) is 24.8 Å². The summed E-state index contributed by atoms with van der Waals surface area (Å²) in [7, 11) is 0. The molecule has 4 aromatic rings. The third kappa shape index (κ3) is 6.39. The molecule has 0 aliphatic rings.